The Bertz CT molecular complexity index is 1050. The second-order valence-corrected chi connectivity index (χ2v) is 10.4. The molecule has 0 fully saturated rings. The molecule has 2 aromatic rings. The number of hydrogen-bond donors (Lipinski definition) is 1. The molecule has 10 heteroatoms. The van der Waals surface area contributed by atoms with E-state index in [4.69, 9.17) is 16.3 Å². The number of halogens is 1. The Morgan fingerprint density at radius 1 is 1.20 bits per heavy atom. The lowest BCUT2D eigenvalue weighted by Crippen LogP contribution is -2.37. The van der Waals surface area contributed by atoms with Crippen LogP contribution in [0, 0.1) is 0 Å². The minimum absolute atomic E-state index is 0.231. The summed E-state index contributed by atoms with van der Waals surface area (Å²) in [6.07, 6.45) is 4.64. The van der Waals surface area contributed by atoms with Crippen LogP contribution in [0.1, 0.15) is 40.6 Å². The predicted molar refractivity (Wildman–Crippen MR) is 119 cm³/mol. The summed E-state index contributed by atoms with van der Waals surface area (Å²) in [6, 6.07) is 6.17. The highest BCUT2D eigenvalue weighted by molar-refractivity contribution is 7.92. The van der Waals surface area contributed by atoms with Crippen LogP contribution in [0.15, 0.2) is 24.3 Å². The first-order valence-corrected chi connectivity index (χ1v) is 12.6. The van der Waals surface area contributed by atoms with E-state index < -0.39 is 28.4 Å². The van der Waals surface area contributed by atoms with Crippen molar-refractivity contribution < 1.29 is 22.7 Å². The first kappa shape index (κ1) is 22.6. The molecule has 3 rings (SSSR count). The Labute approximate surface area is 185 Å². The van der Waals surface area contributed by atoms with Crippen LogP contribution in [0.5, 0.6) is 0 Å². The Morgan fingerprint density at radius 2 is 1.87 bits per heavy atom. The van der Waals surface area contributed by atoms with Gasteiger partial charge in [-0.3, -0.25) is 9.10 Å². The standard InChI is InChI=1S/C20H23ClN2O5S2/c1-3-28-20(25)18-15-6-4-5-7-16(15)29-19(18)22-17(24)12-23(30(2,26)27)14-10-8-13(21)9-11-14/h8-11H,3-7,12H2,1-2H3,(H,22,24). The molecule has 0 spiro atoms. The third-order valence-corrected chi connectivity index (χ3v) is 7.31. The number of nitrogens with zero attached hydrogens (tertiary/aromatic N) is 1. The number of amides is 1. The molecule has 7 nitrogen and oxygen atoms in total. The first-order chi connectivity index (χ1) is 14.2. The maximum Gasteiger partial charge on any atom is 0.341 e. The number of rotatable bonds is 7. The Morgan fingerprint density at radius 3 is 2.50 bits per heavy atom. The minimum Gasteiger partial charge on any atom is -0.462 e. The number of anilines is 2. The van der Waals surface area contributed by atoms with Gasteiger partial charge in [-0.2, -0.15) is 0 Å². The number of nitrogens with one attached hydrogen (secondary N) is 1. The number of fused-ring (bicyclic) bond motifs is 1. The summed E-state index contributed by atoms with van der Waals surface area (Å²) < 4.78 is 30.7. The zero-order chi connectivity index (χ0) is 21.9. The summed E-state index contributed by atoms with van der Waals surface area (Å²) >= 11 is 7.24. The van der Waals surface area contributed by atoms with Crippen molar-refractivity contribution in [3.05, 3.63) is 45.3 Å². The molecule has 0 saturated carbocycles. The zero-order valence-electron chi connectivity index (χ0n) is 16.7. The molecule has 0 radical (unpaired) electrons. The summed E-state index contributed by atoms with van der Waals surface area (Å²) in [5.41, 5.74) is 1.65. The van der Waals surface area contributed by atoms with Crippen molar-refractivity contribution in [1.29, 1.82) is 0 Å². The lowest BCUT2D eigenvalue weighted by molar-refractivity contribution is -0.114. The molecule has 1 heterocycles. The van der Waals surface area contributed by atoms with Crippen LogP contribution in [0.4, 0.5) is 10.7 Å². The van der Waals surface area contributed by atoms with Crippen LogP contribution >= 0.6 is 22.9 Å². The Balaban J connectivity index is 1.86. The molecule has 0 unspecified atom stereocenters. The SMILES string of the molecule is CCOC(=O)c1c(NC(=O)CN(c2ccc(Cl)cc2)S(C)(=O)=O)sc2c1CCCC2. The van der Waals surface area contributed by atoms with Crippen LogP contribution in [-0.4, -0.2) is 39.7 Å². The van der Waals surface area contributed by atoms with E-state index in [1.165, 1.54) is 23.5 Å². The number of sulfonamides is 1. The van der Waals surface area contributed by atoms with Gasteiger partial charge in [0.2, 0.25) is 15.9 Å². The number of carbonyl (C=O) groups is 2. The zero-order valence-corrected chi connectivity index (χ0v) is 19.1. The summed E-state index contributed by atoms with van der Waals surface area (Å²) in [5.74, 6) is -1.01. The number of benzene rings is 1. The van der Waals surface area contributed by atoms with E-state index in [2.05, 4.69) is 5.32 Å². The average Bonchev–Trinajstić information content (AvgIpc) is 3.04. The molecule has 0 saturated heterocycles. The van der Waals surface area contributed by atoms with E-state index in [0.29, 0.717) is 21.3 Å². The van der Waals surface area contributed by atoms with E-state index in [0.717, 1.165) is 46.7 Å². The van der Waals surface area contributed by atoms with Crippen LogP contribution < -0.4 is 9.62 Å². The van der Waals surface area contributed by atoms with Gasteiger partial charge in [-0.05, 0) is 62.4 Å². The van der Waals surface area contributed by atoms with Crippen molar-refractivity contribution in [2.45, 2.75) is 32.6 Å². The Kier molecular flexibility index (Phi) is 7.05. The number of ether oxygens (including phenoxy) is 1. The summed E-state index contributed by atoms with van der Waals surface area (Å²) in [6.45, 7) is 1.53. The highest BCUT2D eigenvalue weighted by Crippen LogP contribution is 2.38. The van der Waals surface area contributed by atoms with Gasteiger partial charge in [-0.15, -0.1) is 11.3 Å². The fraction of sp³-hybridized carbons (Fsp3) is 0.400. The second-order valence-electron chi connectivity index (χ2n) is 6.93. The quantitative estimate of drug-likeness (QED) is 0.620. The van der Waals surface area contributed by atoms with Gasteiger partial charge in [0.25, 0.3) is 0 Å². The number of hydrogen-bond acceptors (Lipinski definition) is 6. The second kappa shape index (κ2) is 9.36. The fourth-order valence-electron chi connectivity index (χ4n) is 3.38. The molecule has 0 aliphatic heterocycles. The van der Waals surface area contributed by atoms with Crippen molar-refractivity contribution in [2.75, 3.05) is 29.0 Å². The van der Waals surface area contributed by atoms with Gasteiger partial charge < -0.3 is 10.1 Å². The fourth-order valence-corrected chi connectivity index (χ4v) is 5.65. The normalized spacial score (nSPS) is 13.4. The van der Waals surface area contributed by atoms with Crippen LogP contribution in [0.2, 0.25) is 5.02 Å². The largest absolute Gasteiger partial charge is 0.462 e. The molecular weight excluding hydrogens is 448 g/mol. The van der Waals surface area contributed by atoms with Crippen LogP contribution in [0.3, 0.4) is 0 Å². The van der Waals surface area contributed by atoms with Crippen LogP contribution in [-0.2, 0) is 32.4 Å². The smallest absolute Gasteiger partial charge is 0.341 e. The van der Waals surface area contributed by atoms with Crippen molar-refractivity contribution in [1.82, 2.24) is 0 Å². The van der Waals surface area contributed by atoms with Crippen molar-refractivity contribution in [2.24, 2.45) is 0 Å². The summed E-state index contributed by atoms with van der Waals surface area (Å²) in [7, 11) is -3.71. The van der Waals surface area contributed by atoms with Crippen molar-refractivity contribution >= 4 is 55.5 Å². The molecule has 1 aromatic heterocycles. The van der Waals surface area contributed by atoms with Gasteiger partial charge in [-0.1, -0.05) is 11.6 Å². The molecule has 1 aliphatic carbocycles. The Hall–Kier alpha value is -2.10. The first-order valence-electron chi connectivity index (χ1n) is 9.55. The van der Waals surface area contributed by atoms with E-state index in [9.17, 15) is 18.0 Å². The van der Waals surface area contributed by atoms with E-state index in [1.54, 1.807) is 19.1 Å². The van der Waals surface area contributed by atoms with Gasteiger partial charge >= 0.3 is 5.97 Å². The van der Waals surface area contributed by atoms with Gasteiger partial charge in [0.1, 0.15) is 11.5 Å². The third kappa shape index (κ3) is 5.14. The molecular formula is C20H23ClN2O5S2. The number of thiophene rings is 1. The molecule has 162 valence electrons. The van der Waals surface area contributed by atoms with Gasteiger partial charge in [0.05, 0.1) is 24.1 Å². The minimum atomic E-state index is -3.71. The topological polar surface area (TPSA) is 92.8 Å². The van der Waals surface area contributed by atoms with Gasteiger partial charge in [0.15, 0.2) is 0 Å². The third-order valence-electron chi connectivity index (χ3n) is 4.71. The molecule has 1 amide bonds. The molecule has 1 aromatic carbocycles. The average molecular weight is 471 g/mol. The molecule has 1 N–H and O–H groups in total. The van der Waals surface area contributed by atoms with Gasteiger partial charge in [-0.25, -0.2) is 13.2 Å². The number of carbonyl (C=O) groups excluding carboxylic acids is 2. The number of aryl methyl sites for hydroxylation is 1. The maximum absolute atomic E-state index is 12.8. The monoisotopic (exact) mass is 470 g/mol. The molecule has 0 bridgehead atoms. The lowest BCUT2D eigenvalue weighted by atomic mass is 9.95. The summed E-state index contributed by atoms with van der Waals surface area (Å²) in [4.78, 5) is 26.4. The summed E-state index contributed by atoms with van der Waals surface area (Å²) in [5, 5.41) is 3.61. The highest BCUT2D eigenvalue weighted by Gasteiger charge is 2.28. The van der Waals surface area contributed by atoms with Gasteiger partial charge in [0, 0.05) is 9.90 Å². The number of esters is 1. The van der Waals surface area contributed by atoms with Crippen molar-refractivity contribution in [3.63, 3.8) is 0 Å². The van der Waals surface area contributed by atoms with Crippen LogP contribution in [0.25, 0.3) is 0 Å². The van der Waals surface area contributed by atoms with E-state index in [1.807, 2.05) is 0 Å². The maximum atomic E-state index is 12.8. The molecule has 30 heavy (non-hydrogen) atoms. The van der Waals surface area contributed by atoms with E-state index >= 15 is 0 Å². The predicted octanol–water partition coefficient (Wildman–Crippen LogP) is 3.86. The lowest BCUT2D eigenvalue weighted by Gasteiger charge is -2.22. The molecule has 1 aliphatic rings. The van der Waals surface area contributed by atoms with Crippen molar-refractivity contribution in [3.8, 4) is 0 Å². The molecule has 0 atom stereocenters. The highest BCUT2D eigenvalue weighted by atomic mass is 35.5. The van der Waals surface area contributed by atoms with E-state index in [-0.39, 0.29) is 6.61 Å².